The molecule has 146 valence electrons. The van der Waals surface area contributed by atoms with Crippen molar-refractivity contribution in [2.75, 3.05) is 13.1 Å². The fourth-order valence-electron chi connectivity index (χ4n) is 3.29. The molecule has 3 aromatic carbocycles. The van der Waals surface area contributed by atoms with Crippen molar-refractivity contribution in [3.8, 4) is 0 Å². The number of hydrogen-bond acceptors (Lipinski definition) is 2. The van der Waals surface area contributed by atoms with E-state index in [1.807, 2.05) is 60.7 Å². The molecule has 0 aromatic heterocycles. The Morgan fingerprint density at radius 2 is 1.00 bits per heavy atom. The van der Waals surface area contributed by atoms with E-state index in [0.29, 0.717) is 13.1 Å². The van der Waals surface area contributed by atoms with Crippen LogP contribution in [0, 0.1) is 0 Å². The third kappa shape index (κ3) is 5.06. The number of nitrogens with one attached hydrogen (secondary N) is 1. The van der Waals surface area contributed by atoms with Gasteiger partial charge in [0.1, 0.15) is 11.7 Å². The largest absolute Gasteiger partial charge is 0.325 e. The molecule has 1 heterocycles. The van der Waals surface area contributed by atoms with Gasteiger partial charge in [0, 0.05) is 34.3 Å². The zero-order chi connectivity index (χ0) is 20.1. The van der Waals surface area contributed by atoms with E-state index in [-0.39, 0.29) is 0 Å². The second-order valence-electron chi connectivity index (χ2n) is 6.88. The van der Waals surface area contributed by atoms with Gasteiger partial charge in [-0.25, -0.2) is 0 Å². The Balaban J connectivity index is 1.43. The molecule has 0 aliphatic carbocycles. The maximum Gasteiger partial charge on any atom is 0.134 e. The maximum atomic E-state index is 5.95. The van der Waals surface area contributed by atoms with Gasteiger partial charge < -0.3 is 5.32 Å². The summed E-state index contributed by atoms with van der Waals surface area (Å²) in [5.41, 5.74) is 4.66. The van der Waals surface area contributed by atoms with E-state index >= 15 is 0 Å². The molecule has 0 saturated heterocycles. The molecular weight excluding hydrogens is 401 g/mol. The number of halogens is 2. The summed E-state index contributed by atoms with van der Waals surface area (Å²) in [6, 6.07) is 24.1. The first-order valence-electron chi connectivity index (χ1n) is 9.63. The molecule has 5 heteroatoms. The Morgan fingerprint density at radius 3 is 1.41 bits per heavy atom. The van der Waals surface area contributed by atoms with Crippen molar-refractivity contribution in [2.45, 2.75) is 12.8 Å². The van der Waals surface area contributed by atoms with Crippen LogP contribution in [0.5, 0.6) is 0 Å². The standard InChI is InChI=1S/C24H21Cl2N3/c25-19-9-5-17(6-10-19)13-15-27-23-21-3-1-2-4-22(21)24(29-23)28-16-14-18-7-11-20(26)12-8-18/h1-12H,13-16H2,(H,27,28,29). The SMILES string of the molecule is Clc1ccc(CCN=C2NC(=NCCc3ccc(Cl)cc3)c3ccccc32)cc1. The topological polar surface area (TPSA) is 36.8 Å². The van der Waals surface area contributed by atoms with Gasteiger partial charge in [-0.05, 0) is 48.2 Å². The van der Waals surface area contributed by atoms with Crippen LogP contribution in [0.1, 0.15) is 22.3 Å². The molecule has 0 spiro atoms. The van der Waals surface area contributed by atoms with Gasteiger partial charge in [0.2, 0.25) is 0 Å². The van der Waals surface area contributed by atoms with Crippen LogP contribution in [0.15, 0.2) is 82.8 Å². The van der Waals surface area contributed by atoms with E-state index in [0.717, 1.165) is 45.7 Å². The van der Waals surface area contributed by atoms with Crippen molar-refractivity contribution < 1.29 is 0 Å². The average molecular weight is 422 g/mol. The molecule has 4 rings (SSSR count). The van der Waals surface area contributed by atoms with Gasteiger partial charge in [-0.15, -0.1) is 0 Å². The van der Waals surface area contributed by atoms with Crippen LogP contribution < -0.4 is 5.32 Å². The van der Waals surface area contributed by atoms with Gasteiger partial charge in [-0.3, -0.25) is 9.98 Å². The Hall–Kier alpha value is -2.62. The summed E-state index contributed by atoms with van der Waals surface area (Å²) in [5.74, 6) is 1.78. The summed E-state index contributed by atoms with van der Waals surface area (Å²) in [5, 5.41) is 4.92. The smallest absolute Gasteiger partial charge is 0.134 e. The molecule has 0 saturated carbocycles. The zero-order valence-electron chi connectivity index (χ0n) is 15.9. The van der Waals surface area contributed by atoms with Gasteiger partial charge in [-0.1, -0.05) is 71.7 Å². The minimum Gasteiger partial charge on any atom is -0.325 e. The van der Waals surface area contributed by atoms with Crippen LogP contribution in [0.2, 0.25) is 10.0 Å². The highest BCUT2D eigenvalue weighted by atomic mass is 35.5. The van der Waals surface area contributed by atoms with Crippen molar-refractivity contribution in [1.29, 1.82) is 0 Å². The number of fused-ring (bicyclic) bond motifs is 1. The highest BCUT2D eigenvalue weighted by Gasteiger charge is 2.22. The lowest BCUT2D eigenvalue weighted by molar-refractivity contribution is 0.954. The zero-order valence-corrected chi connectivity index (χ0v) is 17.4. The molecular formula is C24H21Cl2N3. The molecule has 0 fully saturated rings. The van der Waals surface area contributed by atoms with E-state index in [1.165, 1.54) is 11.1 Å². The van der Waals surface area contributed by atoms with E-state index in [4.69, 9.17) is 33.2 Å². The molecule has 3 aromatic rings. The molecule has 0 bridgehead atoms. The molecule has 3 nitrogen and oxygen atoms in total. The van der Waals surface area contributed by atoms with Crippen molar-refractivity contribution in [2.24, 2.45) is 9.98 Å². The van der Waals surface area contributed by atoms with Crippen LogP contribution in [0.4, 0.5) is 0 Å². The minimum absolute atomic E-state index is 0.705. The molecule has 0 radical (unpaired) electrons. The molecule has 1 aliphatic rings. The predicted octanol–water partition coefficient (Wildman–Crippen LogP) is 5.58. The lowest BCUT2D eigenvalue weighted by Gasteiger charge is -2.03. The molecule has 0 unspecified atom stereocenters. The Bertz CT molecular complexity index is 954. The Labute approximate surface area is 181 Å². The van der Waals surface area contributed by atoms with Crippen molar-refractivity contribution in [1.82, 2.24) is 5.32 Å². The van der Waals surface area contributed by atoms with E-state index < -0.39 is 0 Å². The highest BCUT2D eigenvalue weighted by molar-refractivity contribution is 6.30. The van der Waals surface area contributed by atoms with Gasteiger partial charge >= 0.3 is 0 Å². The first-order chi connectivity index (χ1) is 14.2. The molecule has 1 aliphatic heterocycles. The van der Waals surface area contributed by atoms with Gasteiger partial charge in [0.25, 0.3) is 0 Å². The van der Waals surface area contributed by atoms with Crippen molar-refractivity contribution in [3.05, 3.63) is 105 Å². The quantitative estimate of drug-likeness (QED) is 0.554. The van der Waals surface area contributed by atoms with Crippen LogP contribution in [-0.4, -0.2) is 24.8 Å². The second-order valence-corrected chi connectivity index (χ2v) is 7.76. The second kappa shape index (κ2) is 9.25. The number of aliphatic imine (C=N–C) groups is 2. The lowest BCUT2D eigenvalue weighted by Crippen LogP contribution is -2.23. The number of benzene rings is 3. The molecule has 29 heavy (non-hydrogen) atoms. The first kappa shape index (κ1) is 19.7. The lowest BCUT2D eigenvalue weighted by atomic mass is 10.1. The number of rotatable bonds is 6. The predicted molar refractivity (Wildman–Crippen MR) is 123 cm³/mol. The highest BCUT2D eigenvalue weighted by Crippen LogP contribution is 2.17. The summed E-state index contributed by atoms with van der Waals surface area (Å²) in [6.07, 6.45) is 1.74. The first-order valence-corrected chi connectivity index (χ1v) is 10.4. The minimum atomic E-state index is 0.705. The van der Waals surface area contributed by atoms with E-state index in [2.05, 4.69) is 17.4 Å². The van der Waals surface area contributed by atoms with Crippen molar-refractivity contribution >= 4 is 34.9 Å². The fraction of sp³-hybridized carbons (Fsp3) is 0.167. The van der Waals surface area contributed by atoms with Crippen molar-refractivity contribution in [3.63, 3.8) is 0 Å². The molecule has 0 amide bonds. The molecule has 1 N–H and O–H groups in total. The number of amidine groups is 2. The van der Waals surface area contributed by atoms with Crippen LogP contribution in [0.25, 0.3) is 0 Å². The summed E-state index contributed by atoms with van der Waals surface area (Å²) in [4.78, 5) is 9.57. The summed E-state index contributed by atoms with van der Waals surface area (Å²) < 4.78 is 0. The number of hydrogen-bond donors (Lipinski definition) is 1. The summed E-state index contributed by atoms with van der Waals surface area (Å²) in [6.45, 7) is 1.41. The van der Waals surface area contributed by atoms with E-state index in [1.54, 1.807) is 0 Å². The van der Waals surface area contributed by atoms with Crippen LogP contribution in [-0.2, 0) is 12.8 Å². The maximum absolute atomic E-state index is 5.95. The van der Waals surface area contributed by atoms with E-state index in [9.17, 15) is 0 Å². The number of nitrogens with zero attached hydrogens (tertiary/aromatic N) is 2. The summed E-state index contributed by atoms with van der Waals surface area (Å²) >= 11 is 11.9. The van der Waals surface area contributed by atoms with Gasteiger partial charge in [0.05, 0.1) is 0 Å². The van der Waals surface area contributed by atoms with Gasteiger partial charge in [-0.2, -0.15) is 0 Å². The monoisotopic (exact) mass is 421 g/mol. The normalized spacial score (nSPS) is 15.5. The summed E-state index contributed by atoms with van der Waals surface area (Å²) in [7, 11) is 0. The van der Waals surface area contributed by atoms with Crippen LogP contribution in [0.3, 0.4) is 0 Å². The third-order valence-corrected chi connectivity index (χ3v) is 5.35. The third-order valence-electron chi connectivity index (χ3n) is 4.84. The van der Waals surface area contributed by atoms with Crippen LogP contribution >= 0.6 is 23.2 Å². The average Bonchev–Trinajstić information content (AvgIpc) is 3.09. The van der Waals surface area contributed by atoms with Gasteiger partial charge in [0.15, 0.2) is 0 Å². The molecule has 0 atom stereocenters. The fourth-order valence-corrected chi connectivity index (χ4v) is 3.54. The Kier molecular flexibility index (Phi) is 6.28. The Morgan fingerprint density at radius 1 is 0.586 bits per heavy atom.